The number of hydrogen-bond donors (Lipinski definition) is 1. The molecule has 1 N–H and O–H groups in total. The summed E-state index contributed by atoms with van der Waals surface area (Å²) in [5.74, 6) is 0.0641. The van der Waals surface area contributed by atoms with Crippen LogP contribution in [0, 0.1) is 0 Å². The zero-order chi connectivity index (χ0) is 8.55. The number of pyridine rings is 1. The molecule has 3 heteroatoms. The van der Waals surface area contributed by atoms with Crippen LogP contribution in [0.2, 0.25) is 0 Å². The van der Waals surface area contributed by atoms with Crippen molar-refractivity contribution in [3.63, 3.8) is 0 Å². The molecule has 0 bridgehead atoms. The molecule has 0 aliphatic carbocycles. The number of Topliss-reactive ketones (excluding diaryl/α,β-unsaturated/α-hetero) is 1. The lowest BCUT2D eigenvalue weighted by Gasteiger charge is -1.89. The molecule has 0 radical (unpaired) electrons. The van der Waals surface area contributed by atoms with Crippen molar-refractivity contribution in [3.05, 3.63) is 30.1 Å². The fourth-order valence-corrected chi connectivity index (χ4v) is 1.25. The Balaban J connectivity index is 2.79. The van der Waals surface area contributed by atoms with Crippen molar-refractivity contribution in [1.29, 1.82) is 0 Å². The van der Waals surface area contributed by atoms with Gasteiger partial charge in [-0.05, 0) is 19.1 Å². The van der Waals surface area contributed by atoms with Gasteiger partial charge in [0, 0.05) is 23.3 Å². The van der Waals surface area contributed by atoms with E-state index in [1.54, 1.807) is 19.3 Å². The second kappa shape index (κ2) is 2.44. The highest BCUT2D eigenvalue weighted by atomic mass is 16.1. The summed E-state index contributed by atoms with van der Waals surface area (Å²) in [5, 5.41) is 0.894. The largest absolute Gasteiger partial charge is 0.345 e. The van der Waals surface area contributed by atoms with Gasteiger partial charge in [0.05, 0.1) is 0 Å². The molecule has 0 aromatic carbocycles. The van der Waals surface area contributed by atoms with Gasteiger partial charge in [0.1, 0.15) is 5.65 Å². The van der Waals surface area contributed by atoms with Gasteiger partial charge in [-0.15, -0.1) is 0 Å². The molecule has 0 aliphatic rings. The van der Waals surface area contributed by atoms with Crippen LogP contribution in [0.15, 0.2) is 24.5 Å². The van der Waals surface area contributed by atoms with Crippen LogP contribution in [0.3, 0.4) is 0 Å². The molecule has 2 aromatic heterocycles. The molecule has 12 heavy (non-hydrogen) atoms. The summed E-state index contributed by atoms with van der Waals surface area (Å²) in [7, 11) is 0. The summed E-state index contributed by atoms with van der Waals surface area (Å²) in [6.45, 7) is 1.55. The van der Waals surface area contributed by atoms with Gasteiger partial charge in [-0.2, -0.15) is 0 Å². The molecule has 3 nitrogen and oxygen atoms in total. The van der Waals surface area contributed by atoms with E-state index in [0.717, 1.165) is 11.0 Å². The molecular formula is C9H8N2O. The van der Waals surface area contributed by atoms with Crippen LogP contribution in [0.1, 0.15) is 17.3 Å². The molecule has 0 saturated heterocycles. The average molecular weight is 160 g/mol. The highest BCUT2D eigenvalue weighted by molar-refractivity contribution is 6.05. The molecule has 60 valence electrons. The number of carbonyl (C=O) groups is 1. The minimum atomic E-state index is 0.0641. The number of ketones is 1. The standard InChI is InChI=1S/C9H8N2O/c1-6(12)8-5-11-9-7(8)3-2-4-10-9/h2-5H,1H3,(H,10,11). The van der Waals surface area contributed by atoms with Crippen LogP contribution < -0.4 is 0 Å². The lowest BCUT2D eigenvalue weighted by molar-refractivity contribution is 0.101. The summed E-state index contributed by atoms with van der Waals surface area (Å²) >= 11 is 0. The van der Waals surface area contributed by atoms with Crippen LogP contribution in [-0.2, 0) is 0 Å². The molecule has 2 aromatic rings. The number of rotatable bonds is 1. The Morgan fingerprint density at radius 2 is 2.42 bits per heavy atom. The first-order valence-corrected chi connectivity index (χ1v) is 3.72. The van der Waals surface area contributed by atoms with Gasteiger partial charge in [-0.3, -0.25) is 4.79 Å². The van der Waals surface area contributed by atoms with E-state index in [2.05, 4.69) is 9.97 Å². The van der Waals surface area contributed by atoms with Gasteiger partial charge < -0.3 is 4.98 Å². The lowest BCUT2D eigenvalue weighted by atomic mass is 10.2. The number of fused-ring (bicyclic) bond motifs is 1. The Labute approximate surface area is 69.4 Å². The van der Waals surface area contributed by atoms with Crippen molar-refractivity contribution < 1.29 is 4.79 Å². The maximum absolute atomic E-state index is 11.1. The summed E-state index contributed by atoms with van der Waals surface area (Å²) in [6.07, 6.45) is 3.39. The summed E-state index contributed by atoms with van der Waals surface area (Å²) in [6, 6.07) is 3.71. The highest BCUT2D eigenvalue weighted by Gasteiger charge is 2.06. The maximum Gasteiger partial charge on any atom is 0.162 e. The predicted octanol–water partition coefficient (Wildman–Crippen LogP) is 1.77. The quantitative estimate of drug-likeness (QED) is 0.646. The smallest absolute Gasteiger partial charge is 0.162 e. The van der Waals surface area contributed by atoms with Crippen LogP contribution in [0.5, 0.6) is 0 Å². The van der Waals surface area contributed by atoms with Crippen LogP contribution in [0.4, 0.5) is 0 Å². The first kappa shape index (κ1) is 7.03. The molecule has 0 atom stereocenters. The number of aromatic amines is 1. The molecule has 0 saturated carbocycles. The SMILES string of the molecule is CC(=O)c1c[nH]c2ncccc12. The number of nitrogens with one attached hydrogen (secondary N) is 1. The normalized spacial score (nSPS) is 10.4. The Hall–Kier alpha value is -1.64. The summed E-state index contributed by atoms with van der Waals surface area (Å²) < 4.78 is 0. The summed E-state index contributed by atoms with van der Waals surface area (Å²) in [4.78, 5) is 18.1. The first-order chi connectivity index (χ1) is 5.79. The van der Waals surface area contributed by atoms with Crippen LogP contribution in [-0.4, -0.2) is 15.8 Å². The highest BCUT2D eigenvalue weighted by Crippen LogP contribution is 2.15. The Morgan fingerprint density at radius 1 is 1.58 bits per heavy atom. The molecule has 2 rings (SSSR count). The van der Waals surface area contributed by atoms with Gasteiger partial charge in [0.25, 0.3) is 0 Å². The third-order valence-corrected chi connectivity index (χ3v) is 1.83. The third-order valence-electron chi connectivity index (χ3n) is 1.83. The van der Waals surface area contributed by atoms with Crippen molar-refractivity contribution in [2.75, 3.05) is 0 Å². The first-order valence-electron chi connectivity index (χ1n) is 3.72. The molecule has 2 heterocycles. The van der Waals surface area contributed by atoms with Crippen molar-refractivity contribution in [2.45, 2.75) is 6.92 Å². The van der Waals surface area contributed by atoms with E-state index in [0.29, 0.717) is 5.56 Å². The molecular weight excluding hydrogens is 152 g/mol. The minimum absolute atomic E-state index is 0.0641. The lowest BCUT2D eigenvalue weighted by Crippen LogP contribution is -1.88. The van der Waals surface area contributed by atoms with Crippen molar-refractivity contribution in [3.8, 4) is 0 Å². The van der Waals surface area contributed by atoms with E-state index in [1.165, 1.54) is 0 Å². The Bertz CT molecular complexity index is 431. The Morgan fingerprint density at radius 3 is 3.17 bits per heavy atom. The van der Waals surface area contributed by atoms with Gasteiger partial charge in [0.2, 0.25) is 0 Å². The molecule has 0 fully saturated rings. The number of nitrogens with zero attached hydrogens (tertiary/aromatic N) is 1. The molecule has 0 amide bonds. The monoisotopic (exact) mass is 160 g/mol. The zero-order valence-electron chi connectivity index (χ0n) is 6.66. The van der Waals surface area contributed by atoms with Gasteiger partial charge in [0.15, 0.2) is 5.78 Å². The van der Waals surface area contributed by atoms with Gasteiger partial charge in [-0.25, -0.2) is 4.98 Å². The van der Waals surface area contributed by atoms with Gasteiger partial charge >= 0.3 is 0 Å². The summed E-state index contributed by atoms with van der Waals surface area (Å²) in [5.41, 5.74) is 1.47. The van der Waals surface area contributed by atoms with E-state index < -0.39 is 0 Å². The number of carbonyl (C=O) groups excluding carboxylic acids is 1. The zero-order valence-corrected chi connectivity index (χ0v) is 6.66. The van der Waals surface area contributed by atoms with E-state index in [4.69, 9.17) is 0 Å². The second-order valence-electron chi connectivity index (χ2n) is 2.66. The van der Waals surface area contributed by atoms with Crippen molar-refractivity contribution >= 4 is 16.8 Å². The molecule has 0 spiro atoms. The third kappa shape index (κ3) is 0.906. The number of aromatic nitrogens is 2. The molecule has 0 unspecified atom stereocenters. The second-order valence-corrected chi connectivity index (χ2v) is 2.66. The van der Waals surface area contributed by atoms with E-state index in [9.17, 15) is 4.79 Å². The van der Waals surface area contributed by atoms with E-state index in [-0.39, 0.29) is 5.78 Å². The van der Waals surface area contributed by atoms with E-state index >= 15 is 0 Å². The van der Waals surface area contributed by atoms with Crippen molar-refractivity contribution in [1.82, 2.24) is 9.97 Å². The van der Waals surface area contributed by atoms with Crippen LogP contribution in [0.25, 0.3) is 11.0 Å². The van der Waals surface area contributed by atoms with Crippen LogP contribution >= 0.6 is 0 Å². The Kier molecular flexibility index (Phi) is 1.43. The van der Waals surface area contributed by atoms with E-state index in [1.807, 2.05) is 12.1 Å². The topological polar surface area (TPSA) is 45.8 Å². The minimum Gasteiger partial charge on any atom is -0.345 e. The maximum atomic E-state index is 11.1. The number of H-pyrrole nitrogens is 1. The predicted molar refractivity (Wildman–Crippen MR) is 46.1 cm³/mol. The molecule has 0 aliphatic heterocycles. The fraction of sp³-hybridized carbons (Fsp3) is 0.111. The average Bonchev–Trinajstić information content (AvgIpc) is 2.47. The van der Waals surface area contributed by atoms with Gasteiger partial charge in [-0.1, -0.05) is 0 Å². The fourth-order valence-electron chi connectivity index (χ4n) is 1.25. The number of hydrogen-bond acceptors (Lipinski definition) is 2. The van der Waals surface area contributed by atoms with Crippen molar-refractivity contribution in [2.24, 2.45) is 0 Å².